The van der Waals surface area contributed by atoms with Crippen molar-refractivity contribution >= 4 is 23.0 Å². The molecule has 3 aromatic rings. The molecule has 0 spiro atoms. The molecule has 29 heavy (non-hydrogen) atoms. The number of aromatic nitrogens is 3. The summed E-state index contributed by atoms with van der Waals surface area (Å²) < 4.78 is 0. The Morgan fingerprint density at radius 1 is 1.10 bits per heavy atom. The topological polar surface area (TPSA) is 83.2 Å². The summed E-state index contributed by atoms with van der Waals surface area (Å²) in [5.41, 5.74) is 8.54. The maximum absolute atomic E-state index is 6.33. The first-order valence-electron chi connectivity index (χ1n) is 9.98. The van der Waals surface area contributed by atoms with Crippen LogP contribution in [0.2, 0.25) is 0 Å². The van der Waals surface area contributed by atoms with Crippen LogP contribution < -0.4 is 10.6 Å². The van der Waals surface area contributed by atoms with Crippen molar-refractivity contribution in [2.24, 2.45) is 10.7 Å². The lowest BCUT2D eigenvalue weighted by molar-refractivity contribution is 0.683. The second kappa shape index (κ2) is 8.31. The SMILES string of the molecule is CC1CCC(C)N1c1cccc(N=C(/C=C(\N)c2ccccc2)c2ncc[nH]2)n1. The molecule has 2 unspecified atom stereocenters. The largest absolute Gasteiger partial charge is 0.398 e. The van der Waals surface area contributed by atoms with E-state index in [0.29, 0.717) is 35.1 Å². The maximum Gasteiger partial charge on any atom is 0.156 e. The fourth-order valence-electron chi connectivity index (χ4n) is 3.81. The molecule has 0 amide bonds. The Bertz CT molecular complexity index is 997. The van der Waals surface area contributed by atoms with Gasteiger partial charge in [-0.05, 0) is 50.5 Å². The molecule has 1 aliphatic rings. The minimum Gasteiger partial charge on any atom is -0.398 e. The van der Waals surface area contributed by atoms with Gasteiger partial charge in [-0.15, -0.1) is 0 Å². The number of benzene rings is 1. The Balaban J connectivity index is 1.71. The number of nitrogens with one attached hydrogen (secondary N) is 1. The summed E-state index contributed by atoms with van der Waals surface area (Å²) in [6.07, 6.45) is 7.68. The standard InChI is InChI=1S/C23H26N6/c1-16-11-12-17(2)29(16)22-10-6-9-21(28-22)27-20(23-25-13-14-26-23)15-19(24)18-7-4-3-5-8-18/h3-10,13-17H,11-12,24H2,1-2H3,(H,25,26)/b19-15-,27-20?. The van der Waals surface area contributed by atoms with Gasteiger partial charge in [-0.1, -0.05) is 36.4 Å². The van der Waals surface area contributed by atoms with Gasteiger partial charge in [0.2, 0.25) is 0 Å². The van der Waals surface area contributed by atoms with E-state index in [1.165, 1.54) is 12.8 Å². The Morgan fingerprint density at radius 3 is 2.55 bits per heavy atom. The van der Waals surface area contributed by atoms with E-state index in [0.717, 1.165) is 11.4 Å². The lowest BCUT2D eigenvalue weighted by Gasteiger charge is -2.27. The molecule has 1 saturated heterocycles. The summed E-state index contributed by atoms with van der Waals surface area (Å²) in [6, 6.07) is 16.8. The zero-order valence-electron chi connectivity index (χ0n) is 16.8. The van der Waals surface area contributed by atoms with Gasteiger partial charge in [-0.25, -0.2) is 15.0 Å². The summed E-state index contributed by atoms with van der Waals surface area (Å²) in [4.78, 5) is 19.4. The van der Waals surface area contributed by atoms with Gasteiger partial charge in [0.15, 0.2) is 11.6 Å². The van der Waals surface area contributed by atoms with E-state index in [9.17, 15) is 0 Å². The molecule has 2 aromatic heterocycles. The van der Waals surface area contributed by atoms with E-state index >= 15 is 0 Å². The molecule has 0 aliphatic carbocycles. The van der Waals surface area contributed by atoms with E-state index in [2.05, 4.69) is 34.8 Å². The maximum atomic E-state index is 6.33. The van der Waals surface area contributed by atoms with Crippen LogP contribution in [0.25, 0.3) is 5.70 Å². The van der Waals surface area contributed by atoms with Crippen molar-refractivity contribution < 1.29 is 0 Å². The third-order valence-corrected chi connectivity index (χ3v) is 5.31. The molecule has 2 atom stereocenters. The van der Waals surface area contributed by atoms with Crippen molar-refractivity contribution in [2.45, 2.75) is 38.8 Å². The summed E-state index contributed by atoms with van der Waals surface area (Å²) in [5.74, 6) is 2.25. The first-order valence-corrected chi connectivity index (χ1v) is 9.98. The molecule has 1 fully saturated rings. The van der Waals surface area contributed by atoms with Gasteiger partial charge in [-0.3, -0.25) is 0 Å². The van der Waals surface area contributed by atoms with E-state index in [4.69, 9.17) is 15.7 Å². The minimum absolute atomic E-state index is 0.481. The van der Waals surface area contributed by atoms with Crippen molar-refractivity contribution in [3.05, 3.63) is 78.4 Å². The predicted molar refractivity (Wildman–Crippen MR) is 118 cm³/mol. The number of pyridine rings is 1. The number of aromatic amines is 1. The van der Waals surface area contributed by atoms with Gasteiger partial charge in [0.1, 0.15) is 11.5 Å². The van der Waals surface area contributed by atoms with Crippen LogP contribution in [0, 0.1) is 0 Å². The van der Waals surface area contributed by atoms with Crippen molar-refractivity contribution in [2.75, 3.05) is 4.90 Å². The van der Waals surface area contributed by atoms with Crippen LogP contribution in [-0.4, -0.2) is 32.7 Å². The third kappa shape index (κ3) is 4.21. The minimum atomic E-state index is 0.481. The molecule has 3 heterocycles. The molecule has 0 radical (unpaired) electrons. The monoisotopic (exact) mass is 386 g/mol. The third-order valence-electron chi connectivity index (χ3n) is 5.31. The lowest BCUT2D eigenvalue weighted by Crippen LogP contribution is -2.33. The van der Waals surface area contributed by atoms with E-state index in [-0.39, 0.29) is 0 Å². The number of nitrogens with two attached hydrogens (primary N) is 1. The normalized spacial score (nSPS) is 20.3. The van der Waals surface area contributed by atoms with Crippen LogP contribution in [-0.2, 0) is 0 Å². The molecule has 148 valence electrons. The number of imidazole rings is 1. The molecule has 4 rings (SSSR count). The Labute approximate surface area is 171 Å². The van der Waals surface area contributed by atoms with Crippen LogP contribution >= 0.6 is 0 Å². The number of hydrogen-bond donors (Lipinski definition) is 2. The van der Waals surface area contributed by atoms with Gasteiger partial charge >= 0.3 is 0 Å². The van der Waals surface area contributed by atoms with Crippen molar-refractivity contribution in [3.63, 3.8) is 0 Å². The average Bonchev–Trinajstić information content (AvgIpc) is 3.38. The molecule has 6 heteroatoms. The summed E-state index contributed by atoms with van der Waals surface area (Å²) >= 11 is 0. The molecule has 0 bridgehead atoms. The molecule has 6 nitrogen and oxygen atoms in total. The van der Waals surface area contributed by atoms with Gasteiger partial charge in [-0.2, -0.15) is 0 Å². The lowest BCUT2D eigenvalue weighted by atomic mass is 10.1. The number of nitrogens with zero attached hydrogens (tertiary/aromatic N) is 4. The molecule has 1 aromatic carbocycles. The first kappa shape index (κ1) is 18.9. The fraction of sp³-hybridized carbons (Fsp3) is 0.261. The van der Waals surface area contributed by atoms with Crippen LogP contribution in [0.15, 0.2) is 72.0 Å². The van der Waals surface area contributed by atoms with Crippen LogP contribution in [0.5, 0.6) is 0 Å². The Morgan fingerprint density at radius 2 is 1.86 bits per heavy atom. The highest BCUT2D eigenvalue weighted by molar-refractivity contribution is 6.10. The highest BCUT2D eigenvalue weighted by Crippen LogP contribution is 2.30. The molecular weight excluding hydrogens is 360 g/mol. The zero-order chi connectivity index (χ0) is 20.2. The molecular formula is C23H26N6. The molecule has 1 aliphatic heterocycles. The Hall–Kier alpha value is -3.41. The first-order chi connectivity index (χ1) is 14.1. The van der Waals surface area contributed by atoms with Crippen molar-refractivity contribution in [3.8, 4) is 0 Å². The second-order valence-electron chi connectivity index (χ2n) is 7.44. The summed E-state index contributed by atoms with van der Waals surface area (Å²) in [6.45, 7) is 4.50. The smallest absolute Gasteiger partial charge is 0.156 e. The Kier molecular flexibility index (Phi) is 5.42. The number of aliphatic imine (C=N–C) groups is 1. The zero-order valence-corrected chi connectivity index (χ0v) is 16.8. The highest BCUT2D eigenvalue weighted by Gasteiger charge is 2.28. The quantitative estimate of drug-likeness (QED) is 0.640. The van der Waals surface area contributed by atoms with Crippen molar-refractivity contribution in [1.29, 1.82) is 0 Å². The molecule has 0 saturated carbocycles. The van der Waals surface area contributed by atoms with Gasteiger partial charge in [0, 0.05) is 30.2 Å². The van der Waals surface area contributed by atoms with Gasteiger partial charge < -0.3 is 15.6 Å². The predicted octanol–water partition coefficient (Wildman–Crippen LogP) is 4.30. The van der Waals surface area contributed by atoms with Gasteiger partial charge in [0.05, 0.1) is 0 Å². The number of allylic oxidation sites excluding steroid dienone is 1. The average molecular weight is 387 g/mol. The van der Waals surface area contributed by atoms with Crippen LogP contribution in [0.4, 0.5) is 11.6 Å². The number of H-pyrrole nitrogens is 1. The van der Waals surface area contributed by atoms with E-state index in [1.54, 1.807) is 12.4 Å². The van der Waals surface area contributed by atoms with Crippen LogP contribution in [0.3, 0.4) is 0 Å². The summed E-state index contributed by atoms with van der Waals surface area (Å²) in [7, 11) is 0. The van der Waals surface area contributed by atoms with E-state index in [1.807, 2.05) is 48.5 Å². The van der Waals surface area contributed by atoms with Crippen molar-refractivity contribution in [1.82, 2.24) is 15.0 Å². The second-order valence-corrected chi connectivity index (χ2v) is 7.44. The summed E-state index contributed by atoms with van der Waals surface area (Å²) in [5, 5.41) is 0. The van der Waals surface area contributed by atoms with Crippen LogP contribution in [0.1, 0.15) is 38.1 Å². The molecule has 3 N–H and O–H groups in total. The number of anilines is 1. The van der Waals surface area contributed by atoms with Gasteiger partial charge in [0.25, 0.3) is 0 Å². The highest BCUT2D eigenvalue weighted by atomic mass is 15.3. The number of hydrogen-bond acceptors (Lipinski definition) is 5. The number of rotatable bonds is 5. The van der Waals surface area contributed by atoms with E-state index < -0.39 is 0 Å². The fourth-order valence-corrected chi connectivity index (χ4v) is 3.81.